The molecular weight excluding hydrogens is 640 g/mol. The molecule has 0 bridgehead atoms. The predicted molar refractivity (Wildman–Crippen MR) is 196 cm³/mol. The number of rotatable bonds is 10. The number of ether oxygens (including phenoxy) is 1. The number of hydrogen-bond acceptors (Lipinski definition) is 6. The van der Waals surface area contributed by atoms with E-state index in [0.29, 0.717) is 17.0 Å². The first-order valence-corrected chi connectivity index (χ1v) is 19.0. The van der Waals surface area contributed by atoms with E-state index in [-0.39, 0.29) is 18.3 Å². The topological polar surface area (TPSA) is 68.3 Å². The molecule has 0 saturated heterocycles. The van der Waals surface area contributed by atoms with Gasteiger partial charge in [0.25, 0.3) is 5.91 Å². The number of thiazole rings is 1. The van der Waals surface area contributed by atoms with Gasteiger partial charge in [-0.05, 0) is 67.1 Å². The lowest BCUT2D eigenvalue weighted by Gasteiger charge is -2.27. The number of carbonyl (C=O) groups excluding carboxylic acids is 2. The predicted octanol–water partition coefficient (Wildman–Crippen LogP) is 7.99. The highest BCUT2D eigenvalue weighted by atomic mass is 32.2. The van der Waals surface area contributed by atoms with Gasteiger partial charge in [-0.25, -0.2) is 4.98 Å². The van der Waals surface area contributed by atoms with Crippen molar-refractivity contribution < 1.29 is 14.3 Å². The molecule has 0 fully saturated rings. The van der Waals surface area contributed by atoms with E-state index in [2.05, 4.69) is 96.3 Å². The molecule has 47 heavy (non-hydrogen) atoms. The second kappa shape index (κ2) is 13.7. The number of thioether (sulfide) groups is 1. The van der Waals surface area contributed by atoms with Crippen LogP contribution in [0.2, 0.25) is 0 Å². The molecule has 1 N–H and O–H groups in total. The van der Waals surface area contributed by atoms with Crippen LogP contribution in [0, 0.1) is 6.92 Å². The summed E-state index contributed by atoms with van der Waals surface area (Å²) in [5.41, 5.74) is 1.91. The average molecular weight is 672 g/mol. The summed E-state index contributed by atoms with van der Waals surface area (Å²) >= 11 is 3.21. The molecule has 2 heterocycles. The molecular formula is C39H32N2O3PS2+. The first-order valence-electron chi connectivity index (χ1n) is 15.3. The summed E-state index contributed by atoms with van der Waals surface area (Å²) in [4.78, 5) is 32.7. The molecule has 232 valence electrons. The summed E-state index contributed by atoms with van der Waals surface area (Å²) < 4.78 is 5.55. The Labute approximate surface area is 283 Å². The summed E-state index contributed by atoms with van der Waals surface area (Å²) in [7, 11) is -2.19. The lowest BCUT2D eigenvalue weighted by molar-refractivity contribution is -0.118. The number of nitrogens with one attached hydrogen (secondary N) is 1. The van der Waals surface area contributed by atoms with Crippen LogP contribution in [0.5, 0.6) is 5.75 Å². The Morgan fingerprint density at radius 1 is 0.830 bits per heavy atom. The molecule has 1 unspecified atom stereocenters. The fourth-order valence-electron chi connectivity index (χ4n) is 6.03. The number of anilines is 1. The molecule has 5 nitrogen and oxygen atoms in total. The van der Waals surface area contributed by atoms with Gasteiger partial charge in [-0.15, -0.1) is 11.3 Å². The molecule has 1 atom stereocenters. The van der Waals surface area contributed by atoms with Crippen LogP contribution < -0.4 is 26.0 Å². The molecule has 1 aliphatic heterocycles. The Balaban J connectivity index is 1.33. The highest BCUT2D eigenvalue weighted by Crippen LogP contribution is 2.60. The van der Waals surface area contributed by atoms with Crippen LogP contribution >= 0.6 is 30.4 Å². The first-order chi connectivity index (χ1) is 23.0. The highest BCUT2D eigenvalue weighted by molar-refractivity contribution is 8.00. The third-order valence-electron chi connectivity index (χ3n) is 8.21. The van der Waals surface area contributed by atoms with Crippen molar-refractivity contribution in [2.75, 3.05) is 11.9 Å². The highest BCUT2D eigenvalue weighted by Gasteiger charge is 2.46. The third kappa shape index (κ3) is 6.39. The Morgan fingerprint density at radius 2 is 1.38 bits per heavy atom. The van der Waals surface area contributed by atoms with Crippen molar-refractivity contribution in [3.8, 4) is 5.75 Å². The molecule has 0 spiro atoms. The number of hydrogen-bond donors (Lipinski definition) is 1. The number of benzene rings is 5. The van der Waals surface area contributed by atoms with Gasteiger partial charge < -0.3 is 10.1 Å². The van der Waals surface area contributed by atoms with Gasteiger partial charge in [0.1, 0.15) is 40.1 Å². The molecule has 1 amide bonds. The maximum Gasteiger partial charge on any atom is 0.262 e. The Kier molecular flexibility index (Phi) is 9.03. The van der Waals surface area contributed by atoms with E-state index < -0.39 is 12.5 Å². The Hall–Kier alpha value is -4.55. The zero-order valence-corrected chi connectivity index (χ0v) is 28.2. The maximum absolute atomic E-state index is 14.4. The molecule has 1 aliphatic rings. The minimum atomic E-state index is -2.19. The van der Waals surface area contributed by atoms with Gasteiger partial charge in [0.15, 0.2) is 12.4 Å². The second-order valence-electron chi connectivity index (χ2n) is 11.3. The molecule has 8 heteroatoms. The van der Waals surface area contributed by atoms with Crippen LogP contribution in [0.4, 0.5) is 5.69 Å². The second-order valence-corrected chi connectivity index (χ2v) is 17.1. The monoisotopic (exact) mass is 671 g/mol. The van der Waals surface area contributed by atoms with Crippen molar-refractivity contribution in [2.24, 2.45) is 0 Å². The molecule has 0 saturated carbocycles. The number of nitrogens with zero attached hydrogens (tertiary/aromatic N) is 1. The zero-order valence-electron chi connectivity index (χ0n) is 25.7. The number of carbonyl (C=O) groups is 2. The minimum absolute atomic E-state index is 0.0339. The van der Waals surface area contributed by atoms with Crippen LogP contribution in [0.25, 0.3) is 0 Å². The Morgan fingerprint density at radius 3 is 1.96 bits per heavy atom. The molecule has 0 aliphatic carbocycles. The number of Topliss-reactive ketones (excluding diaryl/α,β-unsaturated/α-hetero) is 1. The Bertz CT molecular complexity index is 1920. The molecule has 1 aromatic heterocycles. The normalized spacial score (nSPS) is 13.3. The van der Waals surface area contributed by atoms with E-state index >= 15 is 0 Å². The van der Waals surface area contributed by atoms with Crippen molar-refractivity contribution in [3.63, 3.8) is 0 Å². The lowest BCUT2D eigenvalue weighted by Crippen LogP contribution is -2.32. The van der Waals surface area contributed by atoms with Crippen molar-refractivity contribution in [1.82, 2.24) is 4.98 Å². The zero-order chi connectivity index (χ0) is 32.2. The summed E-state index contributed by atoms with van der Waals surface area (Å²) in [5, 5.41) is 8.02. The quantitative estimate of drug-likeness (QED) is 0.0909. The molecule has 5 aromatic carbocycles. The van der Waals surface area contributed by atoms with Crippen LogP contribution in [0.15, 0.2) is 145 Å². The van der Waals surface area contributed by atoms with E-state index in [1.165, 1.54) is 27.7 Å². The van der Waals surface area contributed by atoms with Gasteiger partial charge in [-0.3, -0.25) is 9.59 Å². The van der Waals surface area contributed by atoms with Crippen LogP contribution in [-0.2, 0) is 11.0 Å². The maximum atomic E-state index is 14.4. The van der Waals surface area contributed by atoms with Crippen LogP contribution in [-0.4, -0.2) is 23.3 Å². The number of fused-ring (bicyclic) bond motifs is 1. The standard InChI is InChI=1S/C39H31N2O3PS2/c1-27-40-39(47-38(28-14-6-2-7-15-28)37(43)29-22-23-34-33(24-29)41-36(42)25-44-34)35(46-27)26-45(30-16-8-3-9-17-30,31-18-10-4-11-19-31)32-20-12-5-13-21-32/h2-24,38H,25-26H2,1H3/p+1. The lowest BCUT2D eigenvalue weighted by atomic mass is 10.0. The van der Waals surface area contributed by atoms with E-state index in [1.807, 2.05) is 37.3 Å². The minimum Gasteiger partial charge on any atom is -0.482 e. The summed E-state index contributed by atoms with van der Waals surface area (Å²) in [6, 6.07) is 47.6. The van der Waals surface area contributed by atoms with Gasteiger partial charge in [0.05, 0.1) is 20.8 Å². The number of aryl methyl sites for hydroxylation is 1. The van der Waals surface area contributed by atoms with E-state index in [9.17, 15) is 9.59 Å². The first kappa shape index (κ1) is 31.1. The van der Waals surface area contributed by atoms with Gasteiger partial charge in [-0.1, -0.05) is 96.7 Å². The van der Waals surface area contributed by atoms with E-state index in [4.69, 9.17) is 9.72 Å². The van der Waals surface area contributed by atoms with Crippen molar-refractivity contribution in [2.45, 2.75) is 23.4 Å². The van der Waals surface area contributed by atoms with E-state index in [0.717, 1.165) is 26.6 Å². The average Bonchev–Trinajstić information content (AvgIpc) is 3.48. The number of amides is 1. The summed E-state index contributed by atoms with van der Waals surface area (Å²) in [6.07, 6.45) is 0.775. The van der Waals surface area contributed by atoms with Gasteiger partial charge in [0, 0.05) is 5.56 Å². The fraction of sp³-hybridized carbons (Fsp3) is 0.103. The van der Waals surface area contributed by atoms with Crippen LogP contribution in [0.3, 0.4) is 0 Å². The van der Waals surface area contributed by atoms with Crippen molar-refractivity contribution in [1.29, 1.82) is 0 Å². The fourth-order valence-corrected chi connectivity index (χ4v) is 13.1. The van der Waals surface area contributed by atoms with E-state index in [1.54, 1.807) is 29.5 Å². The third-order valence-corrected chi connectivity index (χ3v) is 15.1. The summed E-state index contributed by atoms with van der Waals surface area (Å²) in [5.74, 6) is 0.266. The van der Waals surface area contributed by atoms with Crippen molar-refractivity contribution in [3.05, 3.63) is 161 Å². The molecule has 6 aromatic rings. The van der Waals surface area contributed by atoms with Gasteiger partial charge in [0.2, 0.25) is 0 Å². The van der Waals surface area contributed by atoms with Gasteiger partial charge in [-0.2, -0.15) is 0 Å². The number of ketones is 1. The summed E-state index contributed by atoms with van der Waals surface area (Å²) in [6.45, 7) is 2.01. The largest absolute Gasteiger partial charge is 0.482 e. The van der Waals surface area contributed by atoms with Crippen LogP contribution in [0.1, 0.15) is 31.1 Å². The molecule has 0 radical (unpaired) electrons. The molecule has 7 rings (SSSR count). The smallest absolute Gasteiger partial charge is 0.262 e. The number of aromatic nitrogens is 1. The van der Waals surface area contributed by atoms with Crippen molar-refractivity contribution >= 4 is 63.7 Å². The SMILES string of the molecule is Cc1nc(SC(C(=O)c2ccc3c(c2)NC(=O)CO3)c2ccccc2)c(C[P+](c2ccccc2)(c2ccccc2)c2ccccc2)s1. The van der Waals surface area contributed by atoms with Gasteiger partial charge >= 0.3 is 0 Å².